The van der Waals surface area contributed by atoms with Gasteiger partial charge in [-0.1, -0.05) is 29.8 Å². The highest BCUT2D eigenvalue weighted by molar-refractivity contribution is 6.34. The molecule has 0 bridgehead atoms. The zero-order valence-corrected chi connectivity index (χ0v) is 30.5. The van der Waals surface area contributed by atoms with Crippen LogP contribution in [-0.2, 0) is 32.5 Å². The third-order valence-corrected chi connectivity index (χ3v) is 10.9. The lowest BCUT2D eigenvalue weighted by Gasteiger charge is -2.52. The number of ketones is 1. The summed E-state index contributed by atoms with van der Waals surface area (Å²) in [5, 5.41) is 3.54. The summed E-state index contributed by atoms with van der Waals surface area (Å²) < 4.78 is 56.6. The molecule has 1 N–H and O–H groups in total. The van der Waals surface area contributed by atoms with Gasteiger partial charge in [-0.25, -0.2) is 13.2 Å². The Labute approximate surface area is 307 Å². The number of aryl methyl sites for hydroxylation is 1. The van der Waals surface area contributed by atoms with E-state index in [9.17, 15) is 23.2 Å². The maximum Gasteiger partial charge on any atom is 0.308 e. The normalized spacial score (nSPS) is 21.8. The molecule has 1 aromatic heterocycles. The van der Waals surface area contributed by atoms with E-state index in [1.165, 1.54) is 6.07 Å². The molecule has 3 aliphatic rings. The average Bonchev–Trinajstić information content (AvgIpc) is 3.79. The molecule has 3 fully saturated rings. The first-order valence-corrected chi connectivity index (χ1v) is 18.6. The Morgan fingerprint density at radius 1 is 0.981 bits per heavy atom. The predicted octanol–water partition coefficient (Wildman–Crippen LogP) is 6.11. The minimum absolute atomic E-state index is 0.0488. The number of nitrogens with zero attached hydrogens (tertiary/aromatic N) is 4. The van der Waals surface area contributed by atoms with Crippen LogP contribution in [0.2, 0.25) is 5.02 Å². The number of likely N-dealkylation sites (tertiary alicyclic amines) is 1. The third-order valence-electron chi connectivity index (χ3n) is 10.6. The summed E-state index contributed by atoms with van der Waals surface area (Å²) in [6, 6.07) is 9.94. The molecule has 1 unspecified atom stereocenters. The van der Waals surface area contributed by atoms with Gasteiger partial charge < -0.3 is 19.4 Å². The van der Waals surface area contributed by atoms with Crippen LogP contribution >= 0.6 is 11.6 Å². The first-order valence-electron chi connectivity index (χ1n) is 18.2. The maximum atomic E-state index is 16.0. The van der Waals surface area contributed by atoms with E-state index in [-0.39, 0.29) is 53.0 Å². The molecular weight excluding hydrogens is 699 g/mol. The number of rotatable bonds is 13. The van der Waals surface area contributed by atoms with Gasteiger partial charge in [0.25, 0.3) is 12.3 Å². The number of aromatic nitrogens is 1. The number of carbonyl (C=O) groups is 3. The second kappa shape index (κ2) is 16.7. The van der Waals surface area contributed by atoms with E-state index >= 15 is 4.39 Å². The summed E-state index contributed by atoms with van der Waals surface area (Å²) in [6.45, 7) is 4.10. The molecule has 1 amide bonds. The Hall–Kier alpha value is -3.49. The van der Waals surface area contributed by atoms with E-state index in [0.717, 1.165) is 29.8 Å². The van der Waals surface area contributed by atoms with E-state index in [2.05, 4.69) is 5.32 Å². The number of hydrogen-bond acceptors (Lipinski definition) is 8. The molecule has 0 spiro atoms. The van der Waals surface area contributed by atoms with Crippen LogP contribution in [0.5, 0.6) is 0 Å². The van der Waals surface area contributed by atoms with Gasteiger partial charge in [0.2, 0.25) is 5.85 Å². The molecule has 282 valence electrons. The predicted molar refractivity (Wildman–Crippen MR) is 192 cm³/mol. The fourth-order valence-electron chi connectivity index (χ4n) is 7.95. The lowest BCUT2D eigenvalue weighted by Crippen LogP contribution is -2.71. The molecule has 2 saturated heterocycles. The standard InChI is InChI=1S/C38H47ClF3N5O5/c1-3-51-37(50)25-10-12-27(13-11-25)52-38(46-14-6-7-15-46,47-18-16-45(17-19-47)24-35(41)42)34(48)21-26-20-30(39)32(22-31(26)40)43-36(49)29-23-44(2)33-9-5-4-8-28(29)33/h4-5,8-9,20,22-23,25,27,35H,3,6-7,10-19,21,24H2,1-2H3,(H,43,49)/t25-,27-,38?. The molecule has 14 heteroatoms. The Morgan fingerprint density at radius 3 is 2.33 bits per heavy atom. The number of para-hydroxylation sites is 1. The monoisotopic (exact) mass is 745 g/mol. The number of esters is 1. The summed E-state index contributed by atoms with van der Waals surface area (Å²) in [6.07, 6.45) is 2.34. The highest BCUT2D eigenvalue weighted by Gasteiger charge is 2.53. The molecule has 52 heavy (non-hydrogen) atoms. The zero-order chi connectivity index (χ0) is 37.0. The van der Waals surface area contributed by atoms with Crippen LogP contribution in [0.25, 0.3) is 10.9 Å². The van der Waals surface area contributed by atoms with Gasteiger partial charge in [-0.3, -0.25) is 29.1 Å². The van der Waals surface area contributed by atoms with Crippen LogP contribution in [0.4, 0.5) is 18.9 Å². The van der Waals surface area contributed by atoms with E-state index < -0.39 is 24.0 Å². The number of nitrogens with one attached hydrogen (secondary N) is 1. The van der Waals surface area contributed by atoms with Gasteiger partial charge in [0.1, 0.15) is 5.82 Å². The number of hydrogen-bond donors (Lipinski definition) is 1. The quantitative estimate of drug-likeness (QED) is 0.210. The van der Waals surface area contributed by atoms with Crippen LogP contribution in [-0.4, -0.2) is 108 Å². The number of carbonyl (C=O) groups excluding carboxylic acids is 3. The summed E-state index contributed by atoms with van der Waals surface area (Å²) in [4.78, 5) is 46.3. The van der Waals surface area contributed by atoms with Crippen molar-refractivity contribution in [1.29, 1.82) is 0 Å². The minimum Gasteiger partial charge on any atom is -0.466 e. The van der Waals surface area contributed by atoms with Crippen molar-refractivity contribution in [2.24, 2.45) is 13.0 Å². The molecule has 2 aliphatic heterocycles. The number of fused-ring (bicyclic) bond motifs is 1. The van der Waals surface area contributed by atoms with E-state index in [1.54, 1.807) is 18.0 Å². The molecule has 1 saturated carbocycles. The number of piperazine rings is 1. The lowest BCUT2D eigenvalue weighted by atomic mass is 9.87. The molecule has 3 aromatic rings. The highest BCUT2D eigenvalue weighted by atomic mass is 35.5. The third kappa shape index (κ3) is 8.18. The Morgan fingerprint density at radius 2 is 1.65 bits per heavy atom. The van der Waals surface area contributed by atoms with Gasteiger partial charge in [0.15, 0.2) is 5.78 Å². The number of anilines is 1. The van der Waals surface area contributed by atoms with Gasteiger partial charge in [-0.05, 0) is 69.2 Å². The Balaban J connectivity index is 1.26. The largest absolute Gasteiger partial charge is 0.466 e. The number of benzene rings is 2. The van der Waals surface area contributed by atoms with Crippen molar-refractivity contribution < 1.29 is 37.0 Å². The molecule has 6 rings (SSSR count). The number of ether oxygens (including phenoxy) is 2. The SMILES string of the molecule is CCOC(=O)[C@H]1CC[C@H](OC(C(=O)Cc2cc(Cl)c(NC(=O)c3cn(C)c4ccccc34)cc2F)(N2CCCC2)N2CCN(CC(F)F)CC2)CC1. The summed E-state index contributed by atoms with van der Waals surface area (Å²) in [5.74, 6) is -3.60. The summed E-state index contributed by atoms with van der Waals surface area (Å²) >= 11 is 6.65. The van der Waals surface area contributed by atoms with Crippen molar-refractivity contribution in [1.82, 2.24) is 19.3 Å². The van der Waals surface area contributed by atoms with E-state index in [0.29, 0.717) is 77.1 Å². The highest BCUT2D eigenvalue weighted by Crippen LogP contribution is 2.37. The minimum atomic E-state index is -2.48. The van der Waals surface area contributed by atoms with Crippen LogP contribution in [0.3, 0.4) is 0 Å². The van der Waals surface area contributed by atoms with E-state index in [1.807, 2.05) is 45.7 Å². The fourth-order valence-corrected chi connectivity index (χ4v) is 8.18. The first-order chi connectivity index (χ1) is 25.0. The maximum absolute atomic E-state index is 16.0. The van der Waals surface area contributed by atoms with Crippen LogP contribution in [0, 0.1) is 11.7 Å². The lowest BCUT2D eigenvalue weighted by molar-refractivity contribution is -0.261. The molecule has 1 aliphatic carbocycles. The van der Waals surface area contributed by atoms with Crippen LogP contribution in [0.15, 0.2) is 42.6 Å². The van der Waals surface area contributed by atoms with Crippen LogP contribution < -0.4 is 5.32 Å². The Bertz CT molecular complexity index is 1750. The van der Waals surface area contributed by atoms with Gasteiger partial charge >= 0.3 is 5.97 Å². The average molecular weight is 746 g/mol. The molecule has 3 heterocycles. The topological polar surface area (TPSA) is 96.3 Å². The Kier molecular flexibility index (Phi) is 12.3. The second-order valence-electron chi connectivity index (χ2n) is 14.0. The first kappa shape index (κ1) is 38.2. The van der Waals surface area contributed by atoms with Crippen molar-refractivity contribution >= 4 is 45.9 Å². The number of amides is 1. The zero-order valence-electron chi connectivity index (χ0n) is 29.7. The van der Waals surface area contributed by atoms with Crippen molar-refractivity contribution in [2.45, 2.75) is 70.2 Å². The van der Waals surface area contributed by atoms with Gasteiger partial charge in [0, 0.05) is 69.8 Å². The van der Waals surface area contributed by atoms with Gasteiger partial charge in [-0.15, -0.1) is 0 Å². The van der Waals surface area contributed by atoms with Crippen molar-refractivity contribution in [3.8, 4) is 0 Å². The molecule has 10 nitrogen and oxygen atoms in total. The number of Topliss-reactive ketones (excluding diaryl/α,β-unsaturated/α-hetero) is 1. The number of alkyl halides is 2. The molecule has 2 aromatic carbocycles. The fraction of sp³-hybridized carbons (Fsp3) is 0.553. The van der Waals surface area contributed by atoms with Gasteiger partial charge in [-0.2, -0.15) is 0 Å². The van der Waals surface area contributed by atoms with Gasteiger partial charge in [0.05, 0.1) is 41.4 Å². The van der Waals surface area contributed by atoms with E-state index in [4.69, 9.17) is 21.1 Å². The second-order valence-corrected chi connectivity index (χ2v) is 14.4. The summed E-state index contributed by atoms with van der Waals surface area (Å²) in [5.41, 5.74) is 1.40. The van der Waals surface area contributed by atoms with Crippen LogP contribution in [0.1, 0.15) is 61.4 Å². The van der Waals surface area contributed by atoms with Crippen molar-refractivity contribution in [2.75, 3.05) is 57.7 Å². The van der Waals surface area contributed by atoms with Crippen molar-refractivity contribution in [3.63, 3.8) is 0 Å². The molecule has 1 atom stereocenters. The molecular formula is C38H47ClF3N5O5. The molecule has 0 radical (unpaired) electrons. The van der Waals surface area contributed by atoms with Crippen molar-refractivity contribution in [3.05, 3.63) is 64.6 Å². The summed E-state index contributed by atoms with van der Waals surface area (Å²) in [7, 11) is 1.83. The smallest absolute Gasteiger partial charge is 0.308 e. The number of halogens is 4.